The summed E-state index contributed by atoms with van der Waals surface area (Å²) in [6.07, 6.45) is 17.2. The summed E-state index contributed by atoms with van der Waals surface area (Å²) in [5.41, 5.74) is 4.03. The Kier molecular flexibility index (Phi) is 6.15. The Morgan fingerprint density at radius 1 is 1.07 bits per heavy atom. The summed E-state index contributed by atoms with van der Waals surface area (Å²) in [7, 11) is 0. The first-order chi connectivity index (χ1) is 14.2. The van der Waals surface area contributed by atoms with Gasteiger partial charge in [0.05, 0.1) is 0 Å². The van der Waals surface area contributed by atoms with E-state index in [0.717, 1.165) is 42.4 Å². The third-order valence-corrected chi connectivity index (χ3v) is 10.7. The highest BCUT2D eigenvalue weighted by molar-refractivity contribution is 5.91. The van der Waals surface area contributed by atoms with Gasteiger partial charge in [0.2, 0.25) is 0 Å². The molecule has 3 unspecified atom stereocenters. The standard InChI is InChI=1S/C29H46O/c1-7-21(19(2)3)9-8-20(4)25-12-13-26-24-11-10-22-18-23(30)14-16-28(22,5)27(24)15-17-29(25,26)6/h7,18-20,24-27H,8-17H2,1-6H3/b21-7+/t20-,24?,25-,26?,27?,28+,29-/m1/s1. The summed E-state index contributed by atoms with van der Waals surface area (Å²) in [6, 6.07) is 0. The molecule has 4 rings (SSSR count). The van der Waals surface area contributed by atoms with Gasteiger partial charge in [-0.2, -0.15) is 0 Å². The molecule has 0 N–H and O–H groups in total. The second-order valence-electron chi connectivity index (χ2n) is 12.2. The number of ketones is 1. The van der Waals surface area contributed by atoms with Gasteiger partial charge in [0.25, 0.3) is 0 Å². The molecule has 168 valence electrons. The highest BCUT2D eigenvalue weighted by Gasteiger charge is 2.59. The molecule has 0 aliphatic heterocycles. The summed E-state index contributed by atoms with van der Waals surface area (Å²) in [4.78, 5) is 12.1. The molecule has 30 heavy (non-hydrogen) atoms. The zero-order valence-corrected chi connectivity index (χ0v) is 20.6. The lowest BCUT2D eigenvalue weighted by Gasteiger charge is -2.58. The number of carbonyl (C=O) groups excluding carboxylic acids is 1. The van der Waals surface area contributed by atoms with E-state index in [9.17, 15) is 4.79 Å². The van der Waals surface area contributed by atoms with E-state index in [0.29, 0.717) is 22.5 Å². The quantitative estimate of drug-likeness (QED) is 0.418. The summed E-state index contributed by atoms with van der Waals surface area (Å²) in [5.74, 6) is 5.48. The van der Waals surface area contributed by atoms with Crippen LogP contribution in [0.15, 0.2) is 23.3 Å². The molecule has 0 aromatic heterocycles. The first kappa shape index (κ1) is 22.3. The lowest BCUT2D eigenvalue weighted by molar-refractivity contribution is -0.117. The van der Waals surface area contributed by atoms with Gasteiger partial charge in [0, 0.05) is 6.42 Å². The second-order valence-corrected chi connectivity index (χ2v) is 12.2. The van der Waals surface area contributed by atoms with Gasteiger partial charge < -0.3 is 0 Å². The van der Waals surface area contributed by atoms with Gasteiger partial charge in [-0.15, -0.1) is 0 Å². The van der Waals surface area contributed by atoms with Crippen molar-refractivity contribution in [2.45, 2.75) is 106 Å². The molecule has 7 atom stereocenters. The van der Waals surface area contributed by atoms with Gasteiger partial charge in [-0.3, -0.25) is 4.79 Å². The van der Waals surface area contributed by atoms with Crippen molar-refractivity contribution < 1.29 is 4.79 Å². The number of hydrogen-bond acceptors (Lipinski definition) is 1. The zero-order chi connectivity index (χ0) is 21.7. The lowest BCUT2D eigenvalue weighted by Crippen LogP contribution is -2.50. The minimum atomic E-state index is 0.319. The monoisotopic (exact) mass is 410 g/mol. The molecular formula is C29H46O. The van der Waals surface area contributed by atoms with Gasteiger partial charge in [0.15, 0.2) is 5.78 Å². The highest BCUT2D eigenvalue weighted by Crippen LogP contribution is 2.67. The van der Waals surface area contributed by atoms with Crippen molar-refractivity contribution in [1.82, 2.24) is 0 Å². The average molecular weight is 411 g/mol. The molecule has 0 bridgehead atoms. The van der Waals surface area contributed by atoms with Gasteiger partial charge in [0.1, 0.15) is 0 Å². The SMILES string of the molecule is C/C=C(\CC[C@@H](C)[C@H]1CCC2C3CCC4=CC(=O)CC[C@]4(C)C3CC[C@@]21C)C(C)C. The molecule has 0 aromatic rings. The van der Waals surface area contributed by atoms with Crippen LogP contribution < -0.4 is 0 Å². The van der Waals surface area contributed by atoms with Crippen LogP contribution >= 0.6 is 0 Å². The Morgan fingerprint density at radius 3 is 2.53 bits per heavy atom. The van der Waals surface area contributed by atoms with Gasteiger partial charge >= 0.3 is 0 Å². The van der Waals surface area contributed by atoms with E-state index in [1.807, 2.05) is 0 Å². The van der Waals surface area contributed by atoms with E-state index in [1.54, 1.807) is 5.57 Å². The van der Waals surface area contributed by atoms with Crippen LogP contribution in [0.5, 0.6) is 0 Å². The van der Waals surface area contributed by atoms with Crippen molar-refractivity contribution in [2.75, 3.05) is 0 Å². The molecule has 0 saturated heterocycles. The Morgan fingerprint density at radius 2 is 1.83 bits per heavy atom. The topological polar surface area (TPSA) is 17.1 Å². The average Bonchev–Trinajstić information content (AvgIpc) is 3.06. The lowest BCUT2D eigenvalue weighted by atomic mass is 9.46. The van der Waals surface area contributed by atoms with Crippen molar-refractivity contribution >= 4 is 5.78 Å². The summed E-state index contributed by atoms with van der Waals surface area (Å²) < 4.78 is 0. The van der Waals surface area contributed by atoms with Crippen LogP contribution in [0.3, 0.4) is 0 Å². The second kappa shape index (κ2) is 8.25. The number of hydrogen-bond donors (Lipinski definition) is 0. The minimum absolute atomic E-state index is 0.319. The first-order valence-electron chi connectivity index (χ1n) is 13.1. The fourth-order valence-electron chi connectivity index (χ4n) is 8.90. The van der Waals surface area contributed by atoms with Crippen molar-refractivity contribution in [3.63, 3.8) is 0 Å². The Balaban J connectivity index is 1.49. The van der Waals surface area contributed by atoms with E-state index >= 15 is 0 Å². The summed E-state index contributed by atoms with van der Waals surface area (Å²) in [6.45, 7) is 14.7. The number of fused-ring (bicyclic) bond motifs is 5. The van der Waals surface area contributed by atoms with E-state index < -0.39 is 0 Å². The predicted molar refractivity (Wildman–Crippen MR) is 127 cm³/mol. The summed E-state index contributed by atoms with van der Waals surface area (Å²) in [5, 5.41) is 0. The molecule has 3 saturated carbocycles. The first-order valence-corrected chi connectivity index (χ1v) is 13.1. The molecule has 0 heterocycles. The zero-order valence-electron chi connectivity index (χ0n) is 20.6. The molecule has 0 amide bonds. The molecule has 0 radical (unpaired) electrons. The van der Waals surface area contributed by atoms with Crippen LogP contribution in [0.2, 0.25) is 0 Å². The Labute approximate surface area is 186 Å². The van der Waals surface area contributed by atoms with E-state index in [2.05, 4.69) is 53.7 Å². The molecular weight excluding hydrogens is 364 g/mol. The van der Waals surface area contributed by atoms with E-state index in [4.69, 9.17) is 0 Å². The van der Waals surface area contributed by atoms with Gasteiger partial charge in [-0.1, -0.05) is 51.8 Å². The van der Waals surface area contributed by atoms with Gasteiger partial charge in [-0.05, 0) is 117 Å². The van der Waals surface area contributed by atoms with Gasteiger partial charge in [-0.25, -0.2) is 0 Å². The fourth-order valence-corrected chi connectivity index (χ4v) is 8.90. The smallest absolute Gasteiger partial charge is 0.155 e. The molecule has 1 nitrogen and oxygen atoms in total. The van der Waals surface area contributed by atoms with Crippen LogP contribution in [0.1, 0.15) is 106 Å². The molecule has 1 heteroatoms. The van der Waals surface area contributed by atoms with E-state index in [-0.39, 0.29) is 0 Å². The Hall–Kier alpha value is -0.850. The number of carbonyl (C=O) groups is 1. The molecule has 4 aliphatic carbocycles. The molecule has 0 spiro atoms. The van der Waals surface area contributed by atoms with Crippen molar-refractivity contribution in [1.29, 1.82) is 0 Å². The third kappa shape index (κ3) is 3.57. The molecule has 3 fully saturated rings. The van der Waals surface area contributed by atoms with Crippen molar-refractivity contribution in [2.24, 2.45) is 46.3 Å². The van der Waals surface area contributed by atoms with E-state index in [1.165, 1.54) is 56.9 Å². The van der Waals surface area contributed by atoms with Crippen LogP contribution in [-0.4, -0.2) is 5.78 Å². The third-order valence-electron chi connectivity index (χ3n) is 10.7. The van der Waals surface area contributed by atoms with Crippen LogP contribution in [0.4, 0.5) is 0 Å². The van der Waals surface area contributed by atoms with Crippen LogP contribution in [0, 0.1) is 46.3 Å². The normalized spacial score (nSPS) is 42.4. The van der Waals surface area contributed by atoms with Crippen LogP contribution in [-0.2, 0) is 4.79 Å². The maximum Gasteiger partial charge on any atom is 0.155 e. The van der Waals surface area contributed by atoms with Crippen molar-refractivity contribution in [3.05, 3.63) is 23.3 Å². The number of allylic oxidation sites excluding steroid dienone is 3. The van der Waals surface area contributed by atoms with Crippen LogP contribution in [0.25, 0.3) is 0 Å². The molecule has 0 aromatic carbocycles. The largest absolute Gasteiger partial charge is 0.295 e. The maximum absolute atomic E-state index is 12.1. The highest BCUT2D eigenvalue weighted by atomic mass is 16.1. The fraction of sp³-hybridized carbons (Fsp3) is 0.828. The van der Waals surface area contributed by atoms with Crippen molar-refractivity contribution in [3.8, 4) is 0 Å². The minimum Gasteiger partial charge on any atom is -0.295 e. The Bertz CT molecular complexity index is 727. The summed E-state index contributed by atoms with van der Waals surface area (Å²) >= 11 is 0. The number of rotatable bonds is 5. The predicted octanol–water partition coefficient (Wildman–Crippen LogP) is 8.15. The maximum atomic E-state index is 12.1. The molecule has 4 aliphatic rings.